The van der Waals surface area contributed by atoms with E-state index < -0.39 is 0 Å². The SMILES string of the molecule is Cc1nc2nc(N)nn2c(C)c1CCC(=O)N[C@@H]1CCCc2ccccc21. The van der Waals surface area contributed by atoms with E-state index in [9.17, 15) is 4.79 Å². The van der Waals surface area contributed by atoms with Crippen molar-refractivity contribution in [2.45, 2.75) is 52.0 Å². The Labute approximate surface area is 158 Å². The highest BCUT2D eigenvalue weighted by Crippen LogP contribution is 2.29. The van der Waals surface area contributed by atoms with E-state index in [0.717, 1.165) is 36.2 Å². The zero-order chi connectivity index (χ0) is 19.0. The Morgan fingerprint density at radius 2 is 2.11 bits per heavy atom. The molecule has 27 heavy (non-hydrogen) atoms. The molecular weight excluding hydrogens is 340 g/mol. The Morgan fingerprint density at radius 1 is 1.30 bits per heavy atom. The number of rotatable bonds is 4. The highest BCUT2D eigenvalue weighted by atomic mass is 16.1. The largest absolute Gasteiger partial charge is 0.366 e. The van der Waals surface area contributed by atoms with Crippen molar-refractivity contribution in [2.24, 2.45) is 0 Å². The van der Waals surface area contributed by atoms with Gasteiger partial charge in [0.15, 0.2) is 0 Å². The molecule has 3 aromatic rings. The minimum absolute atomic E-state index is 0.0636. The summed E-state index contributed by atoms with van der Waals surface area (Å²) >= 11 is 0. The first-order valence-corrected chi connectivity index (χ1v) is 9.38. The number of nitrogens with two attached hydrogens (primary N) is 1. The number of hydrogen-bond donors (Lipinski definition) is 2. The summed E-state index contributed by atoms with van der Waals surface area (Å²) in [5.74, 6) is 0.763. The van der Waals surface area contributed by atoms with E-state index >= 15 is 0 Å². The first-order chi connectivity index (χ1) is 13.0. The third-order valence-electron chi connectivity index (χ3n) is 5.37. The highest BCUT2D eigenvalue weighted by molar-refractivity contribution is 5.77. The van der Waals surface area contributed by atoms with Gasteiger partial charge in [-0.05, 0) is 56.2 Å². The summed E-state index contributed by atoms with van der Waals surface area (Å²) in [4.78, 5) is 21.2. The molecular formula is C20H24N6O. The molecule has 1 amide bonds. The zero-order valence-corrected chi connectivity index (χ0v) is 15.7. The molecule has 7 nitrogen and oxygen atoms in total. The predicted molar refractivity (Wildman–Crippen MR) is 103 cm³/mol. The number of aryl methyl sites for hydroxylation is 3. The molecule has 1 aliphatic rings. The number of aromatic nitrogens is 4. The van der Waals surface area contributed by atoms with E-state index in [1.165, 1.54) is 11.1 Å². The van der Waals surface area contributed by atoms with Gasteiger partial charge >= 0.3 is 0 Å². The molecule has 1 aromatic carbocycles. The van der Waals surface area contributed by atoms with Crippen molar-refractivity contribution in [3.63, 3.8) is 0 Å². The average Bonchev–Trinajstić information content (AvgIpc) is 3.02. The van der Waals surface area contributed by atoms with Gasteiger partial charge < -0.3 is 11.1 Å². The van der Waals surface area contributed by atoms with Gasteiger partial charge in [-0.3, -0.25) is 4.79 Å². The van der Waals surface area contributed by atoms with Crippen LogP contribution in [-0.2, 0) is 17.6 Å². The van der Waals surface area contributed by atoms with Gasteiger partial charge in [-0.2, -0.15) is 9.50 Å². The van der Waals surface area contributed by atoms with Gasteiger partial charge in [0.1, 0.15) is 0 Å². The van der Waals surface area contributed by atoms with Crippen LogP contribution in [0.25, 0.3) is 5.78 Å². The maximum Gasteiger partial charge on any atom is 0.254 e. The average molecular weight is 364 g/mol. The molecule has 1 atom stereocenters. The van der Waals surface area contributed by atoms with Crippen LogP contribution in [0.5, 0.6) is 0 Å². The fraction of sp³-hybridized carbons (Fsp3) is 0.400. The van der Waals surface area contributed by atoms with E-state index in [4.69, 9.17) is 5.73 Å². The quantitative estimate of drug-likeness (QED) is 0.741. The molecule has 140 valence electrons. The van der Waals surface area contributed by atoms with Crippen LogP contribution in [0.3, 0.4) is 0 Å². The van der Waals surface area contributed by atoms with E-state index in [1.54, 1.807) is 4.52 Å². The van der Waals surface area contributed by atoms with Crippen molar-refractivity contribution in [1.29, 1.82) is 0 Å². The van der Waals surface area contributed by atoms with Gasteiger partial charge in [-0.25, -0.2) is 4.98 Å². The molecule has 0 radical (unpaired) electrons. The molecule has 2 aromatic heterocycles. The third kappa shape index (κ3) is 3.37. The maximum atomic E-state index is 12.6. The van der Waals surface area contributed by atoms with Crippen molar-refractivity contribution >= 4 is 17.6 Å². The minimum Gasteiger partial charge on any atom is -0.366 e. The molecule has 7 heteroatoms. The number of hydrogen-bond acceptors (Lipinski definition) is 5. The number of carbonyl (C=O) groups excluding carboxylic acids is 1. The van der Waals surface area contributed by atoms with Crippen LogP contribution in [0.4, 0.5) is 5.95 Å². The first kappa shape index (κ1) is 17.5. The van der Waals surface area contributed by atoms with E-state index in [2.05, 4.69) is 38.6 Å². The van der Waals surface area contributed by atoms with Crippen LogP contribution < -0.4 is 11.1 Å². The van der Waals surface area contributed by atoms with Gasteiger partial charge in [0.25, 0.3) is 5.78 Å². The number of fused-ring (bicyclic) bond motifs is 2. The van der Waals surface area contributed by atoms with Crippen molar-refractivity contribution in [3.8, 4) is 0 Å². The number of carbonyl (C=O) groups is 1. The second-order valence-corrected chi connectivity index (χ2v) is 7.15. The summed E-state index contributed by atoms with van der Waals surface area (Å²) in [6.07, 6.45) is 4.22. The van der Waals surface area contributed by atoms with Crippen molar-refractivity contribution < 1.29 is 4.79 Å². The smallest absolute Gasteiger partial charge is 0.254 e. The Hall–Kier alpha value is -2.96. The lowest BCUT2D eigenvalue weighted by atomic mass is 9.87. The second kappa shape index (κ2) is 6.98. The van der Waals surface area contributed by atoms with Crippen molar-refractivity contribution in [1.82, 2.24) is 24.9 Å². The van der Waals surface area contributed by atoms with Crippen LogP contribution >= 0.6 is 0 Å². The van der Waals surface area contributed by atoms with E-state index in [0.29, 0.717) is 18.6 Å². The zero-order valence-electron chi connectivity index (χ0n) is 15.7. The summed E-state index contributed by atoms with van der Waals surface area (Å²) < 4.78 is 1.65. The summed E-state index contributed by atoms with van der Waals surface area (Å²) in [7, 11) is 0. The summed E-state index contributed by atoms with van der Waals surface area (Å²) in [6.45, 7) is 3.89. The summed E-state index contributed by atoms with van der Waals surface area (Å²) in [6, 6.07) is 8.50. The molecule has 0 bridgehead atoms. The number of nitrogens with zero attached hydrogens (tertiary/aromatic N) is 4. The van der Waals surface area contributed by atoms with Crippen LogP contribution in [0.2, 0.25) is 0 Å². The van der Waals surface area contributed by atoms with Crippen LogP contribution in [-0.4, -0.2) is 25.5 Å². The number of amides is 1. The van der Waals surface area contributed by atoms with E-state index in [1.807, 2.05) is 19.9 Å². The Morgan fingerprint density at radius 3 is 2.96 bits per heavy atom. The van der Waals surface area contributed by atoms with Crippen LogP contribution in [0.1, 0.15) is 53.4 Å². The molecule has 0 unspecified atom stereocenters. The molecule has 0 saturated carbocycles. The molecule has 0 saturated heterocycles. The standard InChI is InChI=1S/C20H24N6O/c1-12-15(13(2)26-20(22-12)24-19(21)25-26)10-11-18(27)23-17-9-5-7-14-6-3-4-8-16(14)17/h3-4,6,8,17H,5,7,9-11H2,1-2H3,(H2,21,25)(H,23,27)/t17-/m1/s1. The molecule has 3 N–H and O–H groups in total. The van der Waals surface area contributed by atoms with Crippen LogP contribution in [0, 0.1) is 13.8 Å². The van der Waals surface area contributed by atoms with E-state index in [-0.39, 0.29) is 17.9 Å². The minimum atomic E-state index is 0.0636. The van der Waals surface area contributed by atoms with Gasteiger partial charge in [0, 0.05) is 17.8 Å². The fourth-order valence-electron chi connectivity index (χ4n) is 3.99. The monoisotopic (exact) mass is 364 g/mol. The number of anilines is 1. The lowest BCUT2D eigenvalue weighted by molar-refractivity contribution is -0.121. The molecule has 2 heterocycles. The number of nitrogens with one attached hydrogen (secondary N) is 1. The van der Waals surface area contributed by atoms with Crippen LogP contribution in [0.15, 0.2) is 24.3 Å². The first-order valence-electron chi connectivity index (χ1n) is 9.38. The highest BCUT2D eigenvalue weighted by Gasteiger charge is 2.21. The van der Waals surface area contributed by atoms with Gasteiger partial charge in [-0.15, -0.1) is 5.10 Å². The topological polar surface area (TPSA) is 98.2 Å². The summed E-state index contributed by atoms with van der Waals surface area (Å²) in [5.41, 5.74) is 11.1. The van der Waals surface area contributed by atoms with Crippen molar-refractivity contribution in [3.05, 3.63) is 52.3 Å². The third-order valence-corrected chi connectivity index (χ3v) is 5.37. The van der Waals surface area contributed by atoms with Crippen molar-refractivity contribution in [2.75, 3.05) is 5.73 Å². The number of benzene rings is 1. The molecule has 0 spiro atoms. The molecule has 1 aliphatic carbocycles. The Balaban J connectivity index is 1.47. The number of nitrogen functional groups attached to an aromatic ring is 1. The summed E-state index contributed by atoms with van der Waals surface area (Å²) in [5, 5.41) is 7.39. The molecule has 0 fully saturated rings. The Kier molecular flexibility index (Phi) is 4.51. The molecule has 4 rings (SSSR count). The lowest BCUT2D eigenvalue weighted by Gasteiger charge is -2.26. The second-order valence-electron chi connectivity index (χ2n) is 7.15. The fourth-order valence-corrected chi connectivity index (χ4v) is 3.99. The predicted octanol–water partition coefficient (Wildman–Crippen LogP) is 2.45. The van der Waals surface area contributed by atoms with Gasteiger partial charge in [0.2, 0.25) is 11.9 Å². The van der Waals surface area contributed by atoms with Gasteiger partial charge in [-0.1, -0.05) is 24.3 Å². The Bertz CT molecular complexity index is 1010. The van der Waals surface area contributed by atoms with Gasteiger partial charge in [0.05, 0.1) is 6.04 Å². The molecule has 0 aliphatic heterocycles. The lowest BCUT2D eigenvalue weighted by Crippen LogP contribution is -2.31. The maximum absolute atomic E-state index is 12.6. The normalized spacial score (nSPS) is 16.3.